The number of aliphatic carboxylic acids is 1. The van der Waals surface area contributed by atoms with Crippen LogP contribution in [0.5, 0.6) is 0 Å². The summed E-state index contributed by atoms with van der Waals surface area (Å²) < 4.78 is 6.00. The monoisotopic (exact) mass is 437 g/mol. The first-order chi connectivity index (χ1) is 15.6. The molecule has 2 atom stereocenters. The van der Waals surface area contributed by atoms with Crippen LogP contribution in [0.2, 0.25) is 0 Å². The Labute approximate surface area is 191 Å². The average Bonchev–Trinajstić information content (AvgIpc) is 2.79. The molecule has 2 N–H and O–H groups in total. The number of unbranched alkanes of at least 4 members (excludes halogenated alkanes) is 2. The van der Waals surface area contributed by atoms with E-state index in [9.17, 15) is 9.90 Å². The number of anilines is 1. The zero-order chi connectivity index (χ0) is 22.3. The SMILES string of the molecule is CCc1cccc(C(C(=O)O)N2CC(OCCCCCC3CCc4cccnc4N3)C2)c1. The molecule has 2 aliphatic rings. The lowest BCUT2D eigenvalue weighted by Crippen LogP contribution is -2.55. The van der Waals surface area contributed by atoms with Crippen LogP contribution in [-0.2, 0) is 22.4 Å². The molecule has 1 aromatic carbocycles. The Morgan fingerprint density at radius 3 is 2.94 bits per heavy atom. The smallest absolute Gasteiger partial charge is 0.325 e. The lowest BCUT2D eigenvalue weighted by Gasteiger charge is -2.42. The highest BCUT2D eigenvalue weighted by Gasteiger charge is 2.37. The van der Waals surface area contributed by atoms with Crippen LogP contribution in [0.15, 0.2) is 42.6 Å². The highest BCUT2D eigenvalue weighted by atomic mass is 16.5. The topological polar surface area (TPSA) is 74.7 Å². The van der Waals surface area contributed by atoms with Crippen LogP contribution in [-0.4, -0.2) is 52.8 Å². The van der Waals surface area contributed by atoms with Crippen LogP contribution in [0.25, 0.3) is 0 Å². The number of carbonyl (C=O) groups is 1. The van der Waals surface area contributed by atoms with E-state index in [1.165, 1.54) is 30.4 Å². The van der Waals surface area contributed by atoms with Crippen molar-refractivity contribution in [2.75, 3.05) is 25.0 Å². The Kier molecular flexibility index (Phi) is 7.76. The maximum atomic E-state index is 11.9. The van der Waals surface area contributed by atoms with Crippen LogP contribution < -0.4 is 5.32 Å². The molecule has 1 aromatic heterocycles. The summed E-state index contributed by atoms with van der Waals surface area (Å²) in [5.74, 6) is 0.272. The molecule has 1 saturated heterocycles. The van der Waals surface area contributed by atoms with Crippen LogP contribution >= 0.6 is 0 Å². The minimum atomic E-state index is -0.786. The minimum absolute atomic E-state index is 0.147. The molecule has 0 saturated carbocycles. The third-order valence-corrected chi connectivity index (χ3v) is 6.70. The molecule has 2 aromatic rings. The van der Waals surface area contributed by atoms with Gasteiger partial charge in [0.2, 0.25) is 0 Å². The second kappa shape index (κ2) is 10.9. The van der Waals surface area contributed by atoms with Crippen molar-refractivity contribution < 1.29 is 14.6 Å². The molecular formula is C26H35N3O3. The number of carboxylic acid groups (broad SMARTS) is 1. The molecule has 2 aliphatic heterocycles. The number of nitrogens with one attached hydrogen (secondary N) is 1. The van der Waals surface area contributed by atoms with Crippen molar-refractivity contribution >= 4 is 11.8 Å². The highest BCUT2D eigenvalue weighted by Crippen LogP contribution is 2.28. The molecular weight excluding hydrogens is 402 g/mol. The van der Waals surface area contributed by atoms with Gasteiger partial charge in [-0.25, -0.2) is 4.98 Å². The molecule has 2 unspecified atom stereocenters. The fraction of sp³-hybridized carbons (Fsp3) is 0.538. The summed E-state index contributed by atoms with van der Waals surface area (Å²) >= 11 is 0. The average molecular weight is 438 g/mol. The maximum Gasteiger partial charge on any atom is 0.325 e. The molecule has 0 bridgehead atoms. The first-order valence-corrected chi connectivity index (χ1v) is 12.0. The number of fused-ring (bicyclic) bond motifs is 1. The van der Waals surface area contributed by atoms with E-state index in [-0.39, 0.29) is 6.10 Å². The van der Waals surface area contributed by atoms with Crippen molar-refractivity contribution in [3.8, 4) is 0 Å². The van der Waals surface area contributed by atoms with Crippen LogP contribution in [0.1, 0.15) is 61.8 Å². The van der Waals surface area contributed by atoms with E-state index >= 15 is 0 Å². The number of hydrogen-bond donors (Lipinski definition) is 2. The number of nitrogens with zero attached hydrogens (tertiary/aromatic N) is 2. The second-order valence-corrected chi connectivity index (χ2v) is 9.03. The molecule has 6 nitrogen and oxygen atoms in total. The normalized spacial score (nSPS) is 19.6. The van der Waals surface area contributed by atoms with Gasteiger partial charge in [0, 0.05) is 31.9 Å². The Morgan fingerprint density at radius 1 is 1.25 bits per heavy atom. The second-order valence-electron chi connectivity index (χ2n) is 9.03. The summed E-state index contributed by atoms with van der Waals surface area (Å²) in [7, 11) is 0. The summed E-state index contributed by atoms with van der Waals surface area (Å²) in [6.45, 7) is 4.21. The quantitative estimate of drug-likeness (QED) is 0.506. The fourth-order valence-corrected chi connectivity index (χ4v) is 4.78. The van der Waals surface area contributed by atoms with Gasteiger partial charge in [-0.3, -0.25) is 9.69 Å². The summed E-state index contributed by atoms with van der Waals surface area (Å²) in [6, 6.07) is 12.0. The van der Waals surface area contributed by atoms with Gasteiger partial charge in [0.15, 0.2) is 0 Å². The zero-order valence-electron chi connectivity index (χ0n) is 19.0. The number of aryl methyl sites for hydroxylation is 2. The Hall–Kier alpha value is -2.44. The Morgan fingerprint density at radius 2 is 2.12 bits per heavy atom. The molecule has 3 heterocycles. The first kappa shape index (κ1) is 22.7. The van der Waals surface area contributed by atoms with E-state index in [1.54, 1.807) is 0 Å². The highest BCUT2D eigenvalue weighted by molar-refractivity contribution is 5.75. The molecule has 0 radical (unpaired) electrons. The number of hydrogen-bond acceptors (Lipinski definition) is 5. The summed E-state index contributed by atoms with van der Waals surface area (Å²) in [6.07, 6.45) is 9.78. The van der Waals surface area contributed by atoms with Crippen molar-refractivity contribution in [2.24, 2.45) is 0 Å². The first-order valence-electron chi connectivity index (χ1n) is 12.0. The van der Waals surface area contributed by atoms with Crippen LogP contribution in [0, 0.1) is 0 Å². The zero-order valence-corrected chi connectivity index (χ0v) is 19.0. The summed E-state index contributed by atoms with van der Waals surface area (Å²) in [5, 5.41) is 13.3. The van der Waals surface area contributed by atoms with Gasteiger partial charge in [-0.2, -0.15) is 0 Å². The molecule has 32 heavy (non-hydrogen) atoms. The number of pyridine rings is 1. The maximum absolute atomic E-state index is 11.9. The molecule has 172 valence electrons. The molecule has 0 amide bonds. The van der Waals surface area contributed by atoms with Gasteiger partial charge in [-0.1, -0.05) is 50.1 Å². The Balaban J connectivity index is 1.11. The van der Waals surface area contributed by atoms with Gasteiger partial charge < -0.3 is 15.2 Å². The summed E-state index contributed by atoms with van der Waals surface area (Å²) in [5.41, 5.74) is 3.37. The van der Waals surface area contributed by atoms with Gasteiger partial charge >= 0.3 is 5.97 Å². The van der Waals surface area contributed by atoms with Crippen molar-refractivity contribution in [1.82, 2.24) is 9.88 Å². The lowest BCUT2D eigenvalue weighted by atomic mass is 9.97. The molecule has 1 fully saturated rings. The minimum Gasteiger partial charge on any atom is -0.480 e. The number of likely N-dealkylation sites (tertiary alicyclic amines) is 1. The number of rotatable bonds is 11. The molecule has 6 heteroatoms. The van der Waals surface area contributed by atoms with Crippen LogP contribution in [0.4, 0.5) is 5.82 Å². The van der Waals surface area contributed by atoms with E-state index in [0.29, 0.717) is 19.1 Å². The number of ether oxygens (including phenoxy) is 1. The standard InChI is InChI=1S/C26H35N3O3/c1-2-19-8-6-9-21(16-19)24(26(30)31)29-17-23(18-29)32-15-5-3-4-11-22-13-12-20-10-7-14-27-25(20)28-22/h6-10,14,16,22-24H,2-5,11-13,15,17-18H2,1H3,(H,27,28)(H,30,31). The van der Waals surface area contributed by atoms with Gasteiger partial charge in [0.25, 0.3) is 0 Å². The van der Waals surface area contributed by atoms with Gasteiger partial charge in [-0.15, -0.1) is 0 Å². The van der Waals surface area contributed by atoms with Crippen molar-refractivity contribution in [3.05, 3.63) is 59.3 Å². The van der Waals surface area contributed by atoms with E-state index in [2.05, 4.69) is 23.3 Å². The fourth-order valence-electron chi connectivity index (χ4n) is 4.78. The van der Waals surface area contributed by atoms with Crippen molar-refractivity contribution in [1.29, 1.82) is 0 Å². The predicted octanol–water partition coefficient (Wildman–Crippen LogP) is 4.46. The van der Waals surface area contributed by atoms with Gasteiger partial charge in [0.05, 0.1) is 6.10 Å². The van der Waals surface area contributed by atoms with E-state index < -0.39 is 12.0 Å². The largest absolute Gasteiger partial charge is 0.480 e. The van der Waals surface area contributed by atoms with E-state index in [0.717, 1.165) is 43.7 Å². The molecule has 0 spiro atoms. The van der Waals surface area contributed by atoms with Gasteiger partial charge in [-0.05, 0) is 54.9 Å². The van der Waals surface area contributed by atoms with Gasteiger partial charge in [0.1, 0.15) is 11.9 Å². The van der Waals surface area contributed by atoms with Crippen LogP contribution in [0.3, 0.4) is 0 Å². The third-order valence-electron chi connectivity index (χ3n) is 6.70. The number of benzene rings is 1. The summed E-state index contributed by atoms with van der Waals surface area (Å²) in [4.78, 5) is 18.3. The molecule has 0 aliphatic carbocycles. The number of aromatic nitrogens is 1. The number of carboxylic acids is 1. The van der Waals surface area contributed by atoms with Crippen molar-refractivity contribution in [3.63, 3.8) is 0 Å². The predicted molar refractivity (Wildman–Crippen MR) is 126 cm³/mol. The van der Waals surface area contributed by atoms with Crippen molar-refractivity contribution in [2.45, 2.75) is 70.1 Å². The van der Waals surface area contributed by atoms with E-state index in [4.69, 9.17) is 4.74 Å². The third kappa shape index (κ3) is 5.67. The molecule has 4 rings (SSSR count). The Bertz CT molecular complexity index is 897. The van der Waals surface area contributed by atoms with E-state index in [1.807, 2.05) is 41.4 Å². The lowest BCUT2D eigenvalue weighted by molar-refractivity contribution is -0.150.